The van der Waals surface area contributed by atoms with Gasteiger partial charge in [0.05, 0.1) is 24.2 Å². The van der Waals surface area contributed by atoms with E-state index in [2.05, 4.69) is 16.5 Å². The van der Waals surface area contributed by atoms with Crippen LogP contribution in [0.25, 0.3) is 0 Å². The molecule has 2 fully saturated rings. The minimum Gasteiger partial charge on any atom is -0.375 e. The van der Waals surface area contributed by atoms with Crippen LogP contribution < -0.4 is 0 Å². The molecule has 0 aliphatic carbocycles. The molecule has 3 heterocycles. The molecule has 1 unspecified atom stereocenters. The van der Waals surface area contributed by atoms with Gasteiger partial charge in [-0.25, -0.2) is 4.98 Å². The number of rotatable bonds is 3. The van der Waals surface area contributed by atoms with E-state index in [1.165, 1.54) is 0 Å². The molecule has 2 aliphatic heterocycles. The lowest BCUT2D eigenvalue weighted by Crippen LogP contribution is -2.32. The molecule has 2 aliphatic rings. The Balaban J connectivity index is 1.69. The van der Waals surface area contributed by atoms with E-state index in [1.807, 2.05) is 17.4 Å². The molecule has 0 saturated carbocycles. The SMILES string of the molecule is CCn1cncc1CN1CCC2(CCCO2)CCC1=O. The molecule has 0 aromatic carbocycles. The zero-order valence-corrected chi connectivity index (χ0v) is 12.2. The summed E-state index contributed by atoms with van der Waals surface area (Å²) in [5.74, 6) is 0.251. The van der Waals surface area contributed by atoms with Gasteiger partial charge in [0.25, 0.3) is 0 Å². The Morgan fingerprint density at radius 3 is 3.05 bits per heavy atom. The summed E-state index contributed by atoms with van der Waals surface area (Å²) in [6, 6.07) is 0. The summed E-state index contributed by atoms with van der Waals surface area (Å²) >= 11 is 0. The van der Waals surface area contributed by atoms with E-state index in [0.29, 0.717) is 13.0 Å². The highest BCUT2D eigenvalue weighted by Crippen LogP contribution is 2.36. The lowest BCUT2D eigenvalue weighted by molar-refractivity contribution is -0.131. The van der Waals surface area contributed by atoms with E-state index >= 15 is 0 Å². The van der Waals surface area contributed by atoms with Crippen molar-refractivity contribution in [1.82, 2.24) is 14.5 Å². The number of carbonyl (C=O) groups excluding carboxylic acids is 1. The van der Waals surface area contributed by atoms with Gasteiger partial charge in [0.2, 0.25) is 5.91 Å². The van der Waals surface area contributed by atoms with Crippen LogP contribution in [0, 0.1) is 0 Å². The Morgan fingerprint density at radius 1 is 1.40 bits per heavy atom. The molecule has 0 N–H and O–H groups in total. The van der Waals surface area contributed by atoms with Gasteiger partial charge in [-0.3, -0.25) is 4.79 Å². The molecule has 1 atom stereocenters. The number of carbonyl (C=O) groups is 1. The van der Waals surface area contributed by atoms with Crippen LogP contribution in [0.2, 0.25) is 0 Å². The molecule has 110 valence electrons. The van der Waals surface area contributed by atoms with Gasteiger partial charge in [-0.1, -0.05) is 0 Å². The Morgan fingerprint density at radius 2 is 2.30 bits per heavy atom. The van der Waals surface area contributed by atoms with Crippen molar-refractivity contribution in [2.24, 2.45) is 0 Å². The second-order valence-corrected chi connectivity index (χ2v) is 5.87. The van der Waals surface area contributed by atoms with Crippen molar-refractivity contribution in [1.29, 1.82) is 0 Å². The van der Waals surface area contributed by atoms with Gasteiger partial charge in [0, 0.05) is 32.3 Å². The van der Waals surface area contributed by atoms with Gasteiger partial charge in [0.1, 0.15) is 0 Å². The van der Waals surface area contributed by atoms with Gasteiger partial charge >= 0.3 is 0 Å². The molecule has 1 amide bonds. The Labute approximate surface area is 119 Å². The van der Waals surface area contributed by atoms with Crippen molar-refractivity contribution in [3.8, 4) is 0 Å². The second-order valence-electron chi connectivity index (χ2n) is 5.87. The van der Waals surface area contributed by atoms with Crippen LogP contribution in [0.4, 0.5) is 0 Å². The smallest absolute Gasteiger partial charge is 0.223 e. The summed E-state index contributed by atoms with van der Waals surface area (Å²) in [5, 5.41) is 0. The summed E-state index contributed by atoms with van der Waals surface area (Å²) in [7, 11) is 0. The molecule has 1 aromatic heterocycles. The molecule has 5 nitrogen and oxygen atoms in total. The van der Waals surface area contributed by atoms with Crippen molar-refractivity contribution >= 4 is 5.91 Å². The Kier molecular flexibility index (Phi) is 3.78. The largest absolute Gasteiger partial charge is 0.375 e. The predicted molar refractivity (Wildman–Crippen MR) is 75.1 cm³/mol. The van der Waals surface area contributed by atoms with E-state index in [4.69, 9.17) is 4.74 Å². The summed E-state index contributed by atoms with van der Waals surface area (Å²) in [6.07, 6.45) is 8.41. The highest BCUT2D eigenvalue weighted by molar-refractivity contribution is 5.76. The highest BCUT2D eigenvalue weighted by atomic mass is 16.5. The van der Waals surface area contributed by atoms with E-state index in [-0.39, 0.29) is 11.5 Å². The second kappa shape index (κ2) is 5.56. The van der Waals surface area contributed by atoms with Crippen molar-refractivity contribution in [3.05, 3.63) is 18.2 Å². The predicted octanol–water partition coefficient (Wildman–Crippen LogP) is 1.96. The third kappa shape index (κ3) is 2.59. The molecular formula is C15H23N3O2. The van der Waals surface area contributed by atoms with E-state index < -0.39 is 0 Å². The number of imidazole rings is 1. The number of hydrogen-bond acceptors (Lipinski definition) is 3. The van der Waals surface area contributed by atoms with Crippen molar-refractivity contribution in [2.75, 3.05) is 13.2 Å². The van der Waals surface area contributed by atoms with Crippen LogP contribution in [0.3, 0.4) is 0 Å². The third-order valence-electron chi connectivity index (χ3n) is 4.66. The fourth-order valence-corrected chi connectivity index (χ4v) is 3.36. The lowest BCUT2D eigenvalue weighted by atomic mass is 9.92. The molecule has 1 spiro atoms. The molecule has 3 rings (SSSR count). The standard InChI is InChI=1S/C15H23N3O2/c1-2-17-12-16-10-13(17)11-18-8-7-15(5-3-9-20-15)6-4-14(18)19/h10,12H,2-9,11H2,1H3. The molecule has 0 bridgehead atoms. The topological polar surface area (TPSA) is 47.4 Å². The molecule has 2 saturated heterocycles. The van der Waals surface area contributed by atoms with Crippen LogP contribution in [0.1, 0.15) is 44.7 Å². The quantitative estimate of drug-likeness (QED) is 0.848. The highest BCUT2D eigenvalue weighted by Gasteiger charge is 2.38. The van der Waals surface area contributed by atoms with Gasteiger partial charge in [-0.05, 0) is 32.6 Å². The first-order valence-electron chi connectivity index (χ1n) is 7.63. The summed E-state index contributed by atoms with van der Waals surface area (Å²) in [6.45, 7) is 5.31. The van der Waals surface area contributed by atoms with Crippen LogP contribution in [-0.4, -0.2) is 39.1 Å². The van der Waals surface area contributed by atoms with Gasteiger partial charge in [-0.15, -0.1) is 0 Å². The monoisotopic (exact) mass is 277 g/mol. The van der Waals surface area contributed by atoms with Crippen LogP contribution in [0.15, 0.2) is 12.5 Å². The van der Waals surface area contributed by atoms with E-state index in [9.17, 15) is 4.79 Å². The van der Waals surface area contributed by atoms with Crippen LogP contribution in [-0.2, 0) is 22.6 Å². The molecule has 5 heteroatoms. The number of hydrogen-bond donors (Lipinski definition) is 0. The molecular weight excluding hydrogens is 254 g/mol. The van der Waals surface area contributed by atoms with Gasteiger partial charge in [-0.2, -0.15) is 0 Å². The van der Waals surface area contributed by atoms with Crippen molar-refractivity contribution in [3.63, 3.8) is 0 Å². The molecule has 1 aromatic rings. The number of aromatic nitrogens is 2. The summed E-state index contributed by atoms with van der Waals surface area (Å²) in [4.78, 5) is 18.5. The van der Waals surface area contributed by atoms with Crippen LogP contribution in [0.5, 0.6) is 0 Å². The molecule has 20 heavy (non-hydrogen) atoms. The number of amides is 1. The first-order chi connectivity index (χ1) is 9.72. The average Bonchev–Trinajstić information content (AvgIpc) is 3.07. The van der Waals surface area contributed by atoms with Gasteiger partial charge in [0.15, 0.2) is 0 Å². The third-order valence-corrected chi connectivity index (χ3v) is 4.66. The number of ether oxygens (including phenoxy) is 1. The van der Waals surface area contributed by atoms with E-state index in [0.717, 1.165) is 51.1 Å². The Bertz CT molecular complexity index is 477. The zero-order chi connectivity index (χ0) is 14.0. The average molecular weight is 277 g/mol. The number of nitrogens with zero attached hydrogens (tertiary/aromatic N) is 3. The molecule has 0 radical (unpaired) electrons. The van der Waals surface area contributed by atoms with Crippen molar-refractivity contribution in [2.45, 2.75) is 57.7 Å². The first-order valence-corrected chi connectivity index (χ1v) is 7.63. The fraction of sp³-hybridized carbons (Fsp3) is 0.733. The maximum Gasteiger partial charge on any atom is 0.223 e. The first kappa shape index (κ1) is 13.6. The minimum atomic E-state index is -0.0184. The van der Waals surface area contributed by atoms with Gasteiger partial charge < -0.3 is 14.2 Å². The zero-order valence-electron chi connectivity index (χ0n) is 12.2. The van der Waals surface area contributed by atoms with Crippen LogP contribution >= 0.6 is 0 Å². The summed E-state index contributed by atoms with van der Waals surface area (Å²) in [5.41, 5.74) is 1.10. The maximum absolute atomic E-state index is 12.3. The summed E-state index contributed by atoms with van der Waals surface area (Å²) < 4.78 is 8.04. The maximum atomic E-state index is 12.3. The number of likely N-dealkylation sites (tertiary alicyclic amines) is 1. The van der Waals surface area contributed by atoms with E-state index in [1.54, 1.807) is 0 Å². The fourth-order valence-electron chi connectivity index (χ4n) is 3.36. The Hall–Kier alpha value is -1.36. The minimum absolute atomic E-state index is 0.0184. The normalized spacial score (nSPS) is 27.2. The number of aryl methyl sites for hydroxylation is 1. The van der Waals surface area contributed by atoms with Crippen molar-refractivity contribution < 1.29 is 9.53 Å². The lowest BCUT2D eigenvalue weighted by Gasteiger charge is -2.26.